The van der Waals surface area contributed by atoms with Gasteiger partial charge < -0.3 is 48.8 Å². The number of carbonyl (C=O) groups excluding carboxylic acids is 1. The lowest BCUT2D eigenvalue weighted by Crippen LogP contribution is -2.98. The van der Waals surface area contributed by atoms with Gasteiger partial charge in [0.25, 0.3) is 21.8 Å². The first kappa shape index (κ1) is 54.9. The summed E-state index contributed by atoms with van der Waals surface area (Å²) >= 11 is 0. The predicted molar refractivity (Wildman–Crippen MR) is 305 cm³/mol. The van der Waals surface area contributed by atoms with Gasteiger partial charge in [0, 0.05) is 106 Å². The van der Waals surface area contributed by atoms with Gasteiger partial charge in [-0.25, -0.2) is 27.5 Å². The maximum Gasteiger partial charge on any atom is 0.268 e. The number of hydrogen-bond acceptors (Lipinski definition) is 15. The van der Waals surface area contributed by atoms with E-state index in [0.717, 1.165) is 80.0 Å². The number of halogens is 1. The number of nitrogens with zero attached hydrogens (tertiary/aromatic N) is 5. The molecule has 422 valence electrons. The maximum absolute atomic E-state index is 15.2. The molecule has 6 heterocycles. The van der Waals surface area contributed by atoms with Crippen LogP contribution < -0.4 is 34.2 Å². The molecule has 3 aliphatic heterocycles. The Labute approximate surface area is 465 Å². The molecular formula is C60H70FN9O9S. The number of benzene rings is 4. The van der Waals surface area contributed by atoms with Crippen molar-refractivity contribution in [2.75, 3.05) is 83.5 Å². The second-order valence-electron chi connectivity index (χ2n) is 21.6. The summed E-state index contributed by atoms with van der Waals surface area (Å²) in [6, 6.07) is 23.3. The van der Waals surface area contributed by atoms with Crippen molar-refractivity contribution in [1.82, 2.24) is 29.5 Å². The molecule has 4 aliphatic rings. The van der Waals surface area contributed by atoms with Crippen molar-refractivity contribution in [3.63, 3.8) is 0 Å². The van der Waals surface area contributed by atoms with E-state index in [1.54, 1.807) is 26.2 Å². The van der Waals surface area contributed by atoms with Gasteiger partial charge in [0.1, 0.15) is 33.4 Å². The number of pyridine rings is 1. The number of ether oxygens (including phenoxy) is 4. The third kappa shape index (κ3) is 11.1. The van der Waals surface area contributed by atoms with Crippen LogP contribution in [-0.4, -0.2) is 118 Å². The van der Waals surface area contributed by atoms with Crippen LogP contribution in [0.1, 0.15) is 102 Å². The fourth-order valence-electron chi connectivity index (χ4n) is 12.1. The fraction of sp³-hybridized carbons (Fsp3) is 0.417. The van der Waals surface area contributed by atoms with Gasteiger partial charge in [0.2, 0.25) is 0 Å². The average molecular weight is 1110 g/mol. The summed E-state index contributed by atoms with van der Waals surface area (Å²) in [5.41, 5.74) is 6.95. The molecule has 11 rings (SSSR count). The van der Waals surface area contributed by atoms with Crippen molar-refractivity contribution in [2.24, 2.45) is 5.92 Å². The first-order valence-electron chi connectivity index (χ1n) is 27.8. The van der Waals surface area contributed by atoms with E-state index in [0.29, 0.717) is 61.6 Å². The molecule has 0 saturated carbocycles. The lowest BCUT2D eigenvalue weighted by molar-refractivity contribution is -0.750. The normalized spacial score (nSPS) is 18.2. The molecule has 3 aromatic heterocycles. The van der Waals surface area contributed by atoms with E-state index >= 15 is 4.39 Å². The number of nitrogens with one attached hydrogen (secondary N) is 4. The van der Waals surface area contributed by atoms with Crippen LogP contribution in [0, 0.1) is 18.0 Å². The number of hydrogen-bond donors (Lipinski definition) is 4. The first-order chi connectivity index (χ1) is 38.7. The third-order valence-corrected chi connectivity index (χ3v) is 17.5. The molecule has 1 amide bonds. The number of sulfonamides is 1. The van der Waals surface area contributed by atoms with Crippen molar-refractivity contribution < 1.29 is 46.0 Å². The van der Waals surface area contributed by atoms with E-state index in [1.807, 2.05) is 13.0 Å². The SMILES string of the molecule is CCOc1nc2c(cc1Oc1cc(N3CCC(N4CCN(Cc5ccc(OC)c6oc(C)cc56)C[C@H]4c4ccccc4C(C)C)CC3)ccc1C(=O)NS(=O)(=O)c1cc([NH+](C)[O-])c(NCC3CCOCC3)c3[nH]cnc13)C(F)=CC2. The van der Waals surface area contributed by atoms with Crippen molar-refractivity contribution in [3.8, 4) is 23.1 Å². The number of rotatable bonds is 18. The largest absolute Gasteiger partial charge is 0.629 e. The third-order valence-electron chi connectivity index (χ3n) is 16.2. The lowest BCUT2D eigenvalue weighted by atomic mass is 9.88. The Morgan fingerprint density at radius 2 is 1.79 bits per heavy atom. The Balaban J connectivity index is 0.872. The van der Waals surface area contributed by atoms with E-state index in [9.17, 15) is 18.4 Å². The number of carbonyl (C=O) groups is 1. The van der Waals surface area contributed by atoms with Crippen LogP contribution >= 0.6 is 0 Å². The zero-order valence-corrected chi connectivity index (χ0v) is 47.0. The molecule has 0 spiro atoms. The van der Waals surface area contributed by atoms with E-state index in [4.69, 9.17) is 23.4 Å². The number of anilines is 2. The van der Waals surface area contributed by atoms with Crippen molar-refractivity contribution in [3.05, 3.63) is 130 Å². The predicted octanol–water partition coefficient (Wildman–Crippen LogP) is 9.33. The standard InChI is InChI=1S/C60H70FN9O9S/c1-7-77-60-53(30-46-47(61)15-16-48(46)65-60)79-52-29-41(13-14-44(52)59(71)66-80(73,74)54-31-49(67(5)72)55(57-56(54)63-35-64-57)62-32-38-20-26-76-27-21-38)69-22-18-40(19-23-69)70-25-24-68(34-50(70)43-11-9-8-10-42(43)36(2)3)33-39-12-17-51(75-6)58-45(39)28-37(4)78-58/h8-15,17,28-31,35-36,38,40,50,62,67H,7,16,18-27,32-34H2,1-6H3,(H,63,64)(H,66,71)/t50-/m0/s1. The van der Waals surface area contributed by atoms with Gasteiger partial charge in [-0.15, -0.1) is 0 Å². The highest BCUT2D eigenvalue weighted by Gasteiger charge is 2.37. The number of aryl methyl sites for hydroxylation is 1. The number of imidazole rings is 1. The number of H-pyrrole nitrogens is 1. The van der Waals surface area contributed by atoms with E-state index in [2.05, 4.69) is 89.9 Å². The number of methoxy groups -OCH3 is 1. The average Bonchev–Trinajstić information content (AvgIpc) is 4.28. The summed E-state index contributed by atoms with van der Waals surface area (Å²) in [5.74, 6) is 0.905. The Hall–Kier alpha value is -7.07. The highest BCUT2D eigenvalue weighted by Crippen LogP contribution is 2.42. The Morgan fingerprint density at radius 3 is 2.55 bits per heavy atom. The summed E-state index contributed by atoms with van der Waals surface area (Å²) in [6.45, 7) is 15.1. The molecule has 4 aromatic carbocycles. The van der Waals surface area contributed by atoms with E-state index in [1.165, 1.54) is 54.3 Å². The van der Waals surface area contributed by atoms with Crippen LogP contribution in [0.15, 0.2) is 94.5 Å². The molecule has 4 N–H and O–H groups in total. The van der Waals surface area contributed by atoms with Gasteiger partial charge in [-0.05, 0) is 104 Å². The number of aromatic amines is 1. The van der Waals surface area contributed by atoms with Gasteiger partial charge >= 0.3 is 0 Å². The smallest absolute Gasteiger partial charge is 0.268 e. The van der Waals surface area contributed by atoms with Gasteiger partial charge in [-0.3, -0.25) is 14.6 Å². The number of quaternary nitrogens is 1. The van der Waals surface area contributed by atoms with Crippen molar-refractivity contribution in [1.29, 1.82) is 0 Å². The number of amides is 1. The van der Waals surface area contributed by atoms with Crippen molar-refractivity contribution in [2.45, 2.75) is 89.2 Å². The van der Waals surface area contributed by atoms with Crippen LogP contribution in [0.5, 0.6) is 23.1 Å². The number of piperidine rings is 1. The summed E-state index contributed by atoms with van der Waals surface area (Å²) in [4.78, 5) is 33.8. The van der Waals surface area contributed by atoms with Gasteiger partial charge in [0.05, 0.1) is 43.9 Å². The summed E-state index contributed by atoms with van der Waals surface area (Å²) in [6.07, 6.45) is 6.47. The number of fused-ring (bicyclic) bond motifs is 3. The Bertz CT molecular complexity index is 3570. The highest BCUT2D eigenvalue weighted by molar-refractivity contribution is 7.90. The Morgan fingerprint density at radius 1 is 0.988 bits per heavy atom. The number of piperazine rings is 1. The van der Waals surface area contributed by atoms with Gasteiger partial charge in [-0.1, -0.05) is 44.2 Å². The molecule has 0 radical (unpaired) electrons. The quantitative estimate of drug-likeness (QED) is 0.0591. The zero-order chi connectivity index (χ0) is 55.8. The maximum atomic E-state index is 15.2. The van der Waals surface area contributed by atoms with E-state index in [-0.39, 0.29) is 74.8 Å². The summed E-state index contributed by atoms with van der Waals surface area (Å²) < 4.78 is 76.3. The molecule has 0 bridgehead atoms. The molecule has 1 aliphatic carbocycles. The fourth-order valence-corrected chi connectivity index (χ4v) is 13.2. The monoisotopic (exact) mass is 1110 g/mol. The Kier molecular flexibility index (Phi) is 15.9. The zero-order valence-electron chi connectivity index (χ0n) is 46.2. The van der Waals surface area contributed by atoms with Crippen LogP contribution in [0.4, 0.5) is 21.5 Å². The second kappa shape index (κ2) is 23.2. The molecule has 3 fully saturated rings. The van der Waals surface area contributed by atoms with Crippen molar-refractivity contribution >= 4 is 60.8 Å². The van der Waals surface area contributed by atoms with Crippen LogP contribution in [0.2, 0.25) is 0 Å². The minimum Gasteiger partial charge on any atom is -0.629 e. The molecule has 18 nitrogen and oxygen atoms in total. The number of aromatic nitrogens is 3. The number of hydroxylamine groups is 1. The van der Waals surface area contributed by atoms with E-state index < -0.39 is 21.8 Å². The molecule has 20 heteroatoms. The molecule has 3 saturated heterocycles. The summed E-state index contributed by atoms with van der Waals surface area (Å²) in [5, 5.41) is 17.3. The van der Waals surface area contributed by atoms with Crippen LogP contribution in [0.3, 0.4) is 0 Å². The lowest BCUT2D eigenvalue weighted by Gasteiger charge is -2.48. The van der Waals surface area contributed by atoms with Gasteiger partial charge in [0.15, 0.2) is 22.8 Å². The molecule has 80 heavy (non-hydrogen) atoms. The minimum absolute atomic E-state index is 0.00519. The molecule has 7 aromatic rings. The van der Waals surface area contributed by atoms with Gasteiger partial charge in [-0.2, -0.15) is 0 Å². The summed E-state index contributed by atoms with van der Waals surface area (Å²) in [7, 11) is -1.67. The van der Waals surface area contributed by atoms with Crippen LogP contribution in [-0.2, 0) is 27.7 Å². The van der Waals surface area contributed by atoms with Crippen LogP contribution in [0.25, 0.3) is 27.8 Å². The minimum atomic E-state index is -4.70. The first-order valence-corrected chi connectivity index (χ1v) is 29.3. The number of allylic oxidation sites excluding steroid dienone is 1. The second-order valence-corrected chi connectivity index (χ2v) is 23.3. The molecule has 1 unspecified atom stereocenters. The molecular weight excluding hydrogens is 1040 g/mol. The number of furan rings is 1. The molecule has 2 atom stereocenters. The highest BCUT2D eigenvalue weighted by atomic mass is 32.2. The topological polar surface area (TPSA) is 204 Å².